The maximum atomic E-state index is 12.5. The number of hydrogen-bond acceptors (Lipinski definition) is 5. The number of nitro benzene ring substituents is 1. The molecule has 0 saturated carbocycles. The number of piperazine rings is 3. The molecule has 0 spiro atoms. The number of ether oxygens (including phenoxy) is 1. The predicted octanol–water partition coefficient (Wildman–Crippen LogP) is 0.996. The minimum atomic E-state index is -0.483. The van der Waals surface area contributed by atoms with Crippen molar-refractivity contribution < 1.29 is 18.9 Å². The van der Waals surface area contributed by atoms with Crippen molar-refractivity contribution in [3.8, 4) is 5.75 Å². The number of nitrogens with one attached hydrogen (secondary N) is 1. The van der Waals surface area contributed by atoms with Gasteiger partial charge in [-0.25, -0.2) is 0 Å². The van der Waals surface area contributed by atoms with Crippen LogP contribution in [0.25, 0.3) is 0 Å². The lowest BCUT2D eigenvalue weighted by Crippen LogP contribution is -2.68. The molecule has 0 aliphatic carbocycles. The summed E-state index contributed by atoms with van der Waals surface area (Å²) in [6.07, 6.45) is 0. The molecule has 130 valence electrons. The quantitative estimate of drug-likeness (QED) is 0.493. The van der Waals surface area contributed by atoms with Gasteiger partial charge in [-0.1, -0.05) is 0 Å². The van der Waals surface area contributed by atoms with E-state index in [9.17, 15) is 14.9 Å². The molecule has 3 saturated heterocycles. The molecular formula is C16H23N4O4+. The molecule has 0 unspecified atom stereocenters. The molecular weight excluding hydrogens is 312 g/mol. The van der Waals surface area contributed by atoms with Gasteiger partial charge in [-0.05, 0) is 12.5 Å². The van der Waals surface area contributed by atoms with Gasteiger partial charge in [0.15, 0.2) is 12.3 Å². The van der Waals surface area contributed by atoms with Crippen LogP contribution >= 0.6 is 0 Å². The average molecular weight is 335 g/mol. The first-order chi connectivity index (χ1) is 11.4. The van der Waals surface area contributed by atoms with E-state index in [1.165, 1.54) is 19.2 Å². The van der Waals surface area contributed by atoms with Gasteiger partial charge in [0.2, 0.25) is 0 Å². The van der Waals surface area contributed by atoms with Crippen LogP contribution in [0.1, 0.15) is 5.56 Å². The van der Waals surface area contributed by atoms with Crippen LogP contribution < -0.4 is 10.1 Å². The molecule has 0 radical (unpaired) electrons. The SMILES string of the molecule is COc1cc(NC(=O)C[N+]23CCN(CC2)CC3)c(C)cc1[N+](=O)[O-]. The second kappa shape index (κ2) is 6.37. The number of nitro groups is 1. The molecule has 1 aromatic rings. The molecule has 24 heavy (non-hydrogen) atoms. The molecule has 8 heteroatoms. The van der Waals surface area contributed by atoms with Crippen molar-refractivity contribution in [3.05, 3.63) is 27.8 Å². The monoisotopic (exact) mass is 335 g/mol. The van der Waals surface area contributed by atoms with Crippen molar-refractivity contribution >= 4 is 17.3 Å². The summed E-state index contributed by atoms with van der Waals surface area (Å²) in [4.78, 5) is 25.5. The first-order valence-corrected chi connectivity index (χ1v) is 8.13. The Morgan fingerprint density at radius 3 is 2.50 bits per heavy atom. The number of nitrogens with zero attached hydrogens (tertiary/aromatic N) is 3. The normalized spacial score (nSPS) is 25.3. The molecule has 3 heterocycles. The molecule has 1 N–H and O–H groups in total. The fourth-order valence-corrected chi connectivity index (χ4v) is 3.58. The third kappa shape index (κ3) is 3.20. The highest BCUT2D eigenvalue weighted by atomic mass is 16.6. The van der Waals surface area contributed by atoms with E-state index in [2.05, 4.69) is 10.2 Å². The number of carbonyl (C=O) groups is 1. The number of methoxy groups -OCH3 is 1. The topological polar surface area (TPSA) is 84.7 Å². The van der Waals surface area contributed by atoms with Crippen molar-refractivity contribution in [2.45, 2.75) is 6.92 Å². The number of fused-ring (bicyclic) bond motifs is 3. The number of hydrogen-bond donors (Lipinski definition) is 1. The summed E-state index contributed by atoms with van der Waals surface area (Å²) < 4.78 is 5.92. The molecule has 2 bridgehead atoms. The average Bonchev–Trinajstić information content (AvgIpc) is 2.57. The van der Waals surface area contributed by atoms with Crippen LogP contribution in [-0.4, -0.2) is 73.1 Å². The van der Waals surface area contributed by atoms with E-state index in [0.717, 1.165) is 43.8 Å². The van der Waals surface area contributed by atoms with Crippen molar-refractivity contribution in [2.75, 3.05) is 58.2 Å². The standard InChI is InChI=1S/C16H22N4O4/c1-12-9-14(19(22)23)15(24-2)10-13(12)17-16(21)11-20-6-3-18(4-7-20)5-8-20/h9-10H,3-8,11H2,1-2H3/p+1. The van der Waals surface area contributed by atoms with Gasteiger partial charge in [-0.3, -0.25) is 19.8 Å². The van der Waals surface area contributed by atoms with Gasteiger partial charge < -0.3 is 14.5 Å². The highest BCUT2D eigenvalue weighted by Gasteiger charge is 2.39. The third-order valence-corrected chi connectivity index (χ3v) is 5.15. The molecule has 3 fully saturated rings. The second-order valence-electron chi connectivity index (χ2n) is 6.66. The number of amides is 1. The lowest BCUT2D eigenvalue weighted by molar-refractivity contribution is -0.933. The zero-order valence-corrected chi connectivity index (χ0v) is 14.1. The van der Waals surface area contributed by atoms with Crippen LogP contribution in [0.15, 0.2) is 12.1 Å². The van der Waals surface area contributed by atoms with E-state index in [-0.39, 0.29) is 17.3 Å². The first-order valence-electron chi connectivity index (χ1n) is 8.13. The zero-order valence-electron chi connectivity index (χ0n) is 14.1. The minimum Gasteiger partial charge on any atom is -0.490 e. The largest absolute Gasteiger partial charge is 0.490 e. The number of carbonyl (C=O) groups excluding carboxylic acids is 1. The van der Waals surface area contributed by atoms with Crippen molar-refractivity contribution in [3.63, 3.8) is 0 Å². The number of aryl methyl sites for hydroxylation is 1. The molecule has 3 aliphatic heterocycles. The number of rotatable bonds is 5. The highest BCUT2D eigenvalue weighted by molar-refractivity contribution is 5.93. The van der Waals surface area contributed by atoms with Gasteiger partial charge in [0.25, 0.3) is 5.91 Å². The van der Waals surface area contributed by atoms with E-state index < -0.39 is 4.92 Å². The molecule has 8 nitrogen and oxygen atoms in total. The van der Waals surface area contributed by atoms with Crippen LogP contribution in [0.5, 0.6) is 5.75 Å². The Morgan fingerprint density at radius 2 is 1.96 bits per heavy atom. The highest BCUT2D eigenvalue weighted by Crippen LogP contribution is 2.32. The van der Waals surface area contributed by atoms with E-state index in [1.807, 2.05) is 0 Å². The fourth-order valence-electron chi connectivity index (χ4n) is 3.58. The summed E-state index contributed by atoms with van der Waals surface area (Å²) >= 11 is 0. The third-order valence-electron chi connectivity index (χ3n) is 5.15. The summed E-state index contributed by atoms with van der Waals surface area (Å²) in [6, 6.07) is 2.96. The van der Waals surface area contributed by atoms with Crippen molar-refractivity contribution in [1.29, 1.82) is 0 Å². The van der Waals surface area contributed by atoms with Crippen molar-refractivity contribution in [1.82, 2.24) is 4.90 Å². The summed E-state index contributed by atoms with van der Waals surface area (Å²) in [6.45, 7) is 8.38. The van der Waals surface area contributed by atoms with E-state index in [4.69, 9.17) is 4.74 Å². The van der Waals surface area contributed by atoms with Crippen LogP contribution in [0.4, 0.5) is 11.4 Å². The van der Waals surface area contributed by atoms with Crippen LogP contribution in [0.3, 0.4) is 0 Å². The number of anilines is 1. The van der Waals surface area contributed by atoms with Crippen LogP contribution in [-0.2, 0) is 4.79 Å². The molecule has 4 rings (SSSR count). The Hall–Kier alpha value is -2.19. The molecule has 3 aliphatic rings. The molecule has 0 atom stereocenters. The molecule has 1 amide bonds. The van der Waals surface area contributed by atoms with Gasteiger partial charge in [0.05, 0.1) is 31.7 Å². The first kappa shape index (κ1) is 16.7. The lowest BCUT2D eigenvalue weighted by Gasteiger charge is -2.50. The Bertz CT molecular complexity index is 655. The number of benzene rings is 1. The maximum absolute atomic E-state index is 12.5. The van der Waals surface area contributed by atoms with Gasteiger partial charge >= 0.3 is 5.69 Å². The van der Waals surface area contributed by atoms with E-state index >= 15 is 0 Å². The summed E-state index contributed by atoms with van der Waals surface area (Å²) in [5.41, 5.74) is 1.12. The van der Waals surface area contributed by atoms with Gasteiger partial charge in [-0.2, -0.15) is 0 Å². The van der Waals surface area contributed by atoms with Gasteiger partial charge in [0, 0.05) is 37.5 Å². The Labute approximate surface area is 140 Å². The Balaban J connectivity index is 1.73. The number of quaternary nitrogens is 1. The van der Waals surface area contributed by atoms with Crippen LogP contribution in [0, 0.1) is 17.0 Å². The predicted molar refractivity (Wildman–Crippen MR) is 89.2 cm³/mol. The molecule has 1 aromatic carbocycles. The second-order valence-corrected chi connectivity index (χ2v) is 6.66. The van der Waals surface area contributed by atoms with Crippen molar-refractivity contribution in [2.24, 2.45) is 0 Å². The molecule has 0 aromatic heterocycles. The lowest BCUT2D eigenvalue weighted by atomic mass is 10.1. The van der Waals surface area contributed by atoms with E-state index in [1.54, 1.807) is 6.92 Å². The van der Waals surface area contributed by atoms with Gasteiger partial charge in [0.1, 0.15) is 0 Å². The van der Waals surface area contributed by atoms with E-state index in [0.29, 0.717) is 17.8 Å². The summed E-state index contributed by atoms with van der Waals surface area (Å²) in [7, 11) is 1.38. The van der Waals surface area contributed by atoms with Crippen LogP contribution in [0.2, 0.25) is 0 Å². The summed E-state index contributed by atoms with van der Waals surface area (Å²) in [5, 5.41) is 14.0. The fraction of sp³-hybridized carbons (Fsp3) is 0.562. The zero-order chi connectivity index (χ0) is 17.3. The Kier molecular flexibility index (Phi) is 4.42. The Morgan fingerprint density at radius 1 is 1.33 bits per heavy atom. The summed E-state index contributed by atoms with van der Waals surface area (Å²) in [5.74, 6) is 0.101. The van der Waals surface area contributed by atoms with Gasteiger partial charge in [-0.15, -0.1) is 0 Å². The maximum Gasteiger partial charge on any atom is 0.311 e. The minimum absolute atomic E-state index is 0.0515. The smallest absolute Gasteiger partial charge is 0.311 e.